The van der Waals surface area contributed by atoms with Crippen molar-refractivity contribution in [3.63, 3.8) is 0 Å². The quantitative estimate of drug-likeness (QED) is 0.860. The Hall–Kier alpha value is -1.60. The fraction of sp³-hybridized carbons (Fsp3) is 0.462. The van der Waals surface area contributed by atoms with E-state index in [1.165, 1.54) is 12.1 Å². The number of carboxylic acids is 1. The van der Waals surface area contributed by atoms with Gasteiger partial charge >= 0.3 is 5.97 Å². The van der Waals surface area contributed by atoms with Crippen molar-refractivity contribution in [3.8, 4) is 0 Å². The van der Waals surface area contributed by atoms with E-state index >= 15 is 0 Å². The third kappa shape index (κ3) is 3.94. The summed E-state index contributed by atoms with van der Waals surface area (Å²) in [4.78, 5) is 11.0. The molecule has 7 heteroatoms. The van der Waals surface area contributed by atoms with Crippen LogP contribution in [0.25, 0.3) is 0 Å². The minimum atomic E-state index is -3.58. The summed E-state index contributed by atoms with van der Waals surface area (Å²) in [7, 11) is -3.58. The molecule has 2 N–H and O–H groups in total. The minimum Gasteiger partial charge on any atom is -0.478 e. The maximum Gasteiger partial charge on any atom is 0.337 e. The molecule has 0 saturated carbocycles. The van der Waals surface area contributed by atoms with E-state index in [0.717, 1.165) is 12.8 Å². The lowest BCUT2D eigenvalue weighted by molar-refractivity contribution is 0.0626. The molecule has 0 amide bonds. The average molecular weight is 299 g/mol. The number of benzene rings is 1. The van der Waals surface area contributed by atoms with Crippen molar-refractivity contribution in [1.82, 2.24) is 0 Å². The fourth-order valence-corrected chi connectivity index (χ4v) is 3.70. The molecule has 1 aliphatic heterocycles. The zero-order valence-corrected chi connectivity index (χ0v) is 11.7. The Morgan fingerprint density at radius 2 is 2.15 bits per heavy atom. The van der Waals surface area contributed by atoms with Crippen molar-refractivity contribution in [2.24, 2.45) is 5.92 Å². The molecule has 2 rings (SSSR count). The molecule has 6 nitrogen and oxygen atoms in total. The Bertz CT molecular complexity index is 578. The Labute approximate surface area is 117 Å². The van der Waals surface area contributed by atoms with Gasteiger partial charge in [-0.2, -0.15) is 0 Å². The molecule has 0 bridgehead atoms. The van der Waals surface area contributed by atoms with Crippen LogP contribution in [0.1, 0.15) is 23.2 Å². The fourth-order valence-electron chi connectivity index (χ4n) is 2.22. The van der Waals surface area contributed by atoms with Crippen LogP contribution < -0.4 is 4.72 Å². The van der Waals surface area contributed by atoms with Crippen LogP contribution in [0.3, 0.4) is 0 Å². The van der Waals surface area contributed by atoms with Gasteiger partial charge in [-0.25, -0.2) is 13.2 Å². The number of sulfonamides is 1. The van der Waals surface area contributed by atoms with Crippen LogP contribution in [0.2, 0.25) is 0 Å². The highest BCUT2D eigenvalue weighted by atomic mass is 32.2. The highest BCUT2D eigenvalue weighted by Gasteiger charge is 2.23. The van der Waals surface area contributed by atoms with E-state index in [1.807, 2.05) is 0 Å². The molecule has 1 aromatic carbocycles. The molecule has 1 aromatic rings. The number of carboxylic acid groups (broad SMARTS) is 1. The van der Waals surface area contributed by atoms with Gasteiger partial charge in [0.2, 0.25) is 10.0 Å². The second-order valence-electron chi connectivity index (χ2n) is 4.82. The predicted octanol–water partition coefficient (Wildman–Crippen LogP) is 1.55. The lowest BCUT2D eigenvalue weighted by Gasteiger charge is -2.22. The standard InChI is InChI=1S/C13H17NO5S/c15-13(16)11-5-1-2-6-12(11)14-20(17,18)9-10-4-3-7-19-8-10/h1-2,5-6,10,14H,3-4,7-9H2,(H,15,16). The van der Waals surface area contributed by atoms with Crippen LogP contribution in [0.5, 0.6) is 0 Å². The molecule has 0 radical (unpaired) electrons. The number of hydrogen-bond acceptors (Lipinski definition) is 4. The molecule has 20 heavy (non-hydrogen) atoms. The maximum absolute atomic E-state index is 12.1. The van der Waals surface area contributed by atoms with Crippen molar-refractivity contribution in [1.29, 1.82) is 0 Å². The molecule has 1 unspecified atom stereocenters. The van der Waals surface area contributed by atoms with Gasteiger partial charge in [0.1, 0.15) is 0 Å². The normalized spacial score (nSPS) is 19.5. The Morgan fingerprint density at radius 3 is 2.80 bits per heavy atom. The first-order chi connectivity index (χ1) is 9.48. The summed E-state index contributed by atoms with van der Waals surface area (Å²) in [5, 5.41) is 9.03. The summed E-state index contributed by atoms with van der Waals surface area (Å²) >= 11 is 0. The van der Waals surface area contributed by atoms with E-state index in [0.29, 0.717) is 13.2 Å². The molecule has 1 fully saturated rings. The monoisotopic (exact) mass is 299 g/mol. The molecular weight excluding hydrogens is 282 g/mol. The molecule has 1 heterocycles. The van der Waals surface area contributed by atoms with Crippen LogP contribution in [0, 0.1) is 5.92 Å². The second-order valence-corrected chi connectivity index (χ2v) is 6.58. The van der Waals surface area contributed by atoms with E-state index in [-0.39, 0.29) is 22.9 Å². The lowest BCUT2D eigenvalue weighted by Crippen LogP contribution is -2.28. The van der Waals surface area contributed by atoms with Gasteiger partial charge in [0, 0.05) is 6.61 Å². The third-order valence-electron chi connectivity index (χ3n) is 3.13. The lowest BCUT2D eigenvalue weighted by atomic mass is 10.1. The summed E-state index contributed by atoms with van der Waals surface area (Å²) < 4.78 is 31.8. The SMILES string of the molecule is O=C(O)c1ccccc1NS(=O)(=O)CC1CCCOC1. The number of hydrogen-bond donors (Lipinski definition) is 2. The maximum atomic E-state index is 12.1. The molecule has 0 aromatic heterocycles. The smallest absolute Gasteiger partial charge is 0.337 e. The second kappa shape index (κ2) is 6.23. The first-order valence-electron chi connectivity index (χ1n) is 6.38. The number of para-hydroxylation sites is 1. The van der Waals surface area contributed by atoms with Crippen LogP contribution >= 0.6 is 0 Å². The first kappa shape index (κ1) is 14.8. The largest absolute Gasteiger partial charge is 0.478 e. The van der Waals surface area contributed by atoms with E-state index in [1.54, 1.807) is 12.1 Å². The van der Waals surface area contributed by atoms with Crippen molar-refractivity contribution in [2.75, 3.05) is 23.7 Å². The number of carbonyl (C=O) groups is 1. The van der Waals surface area contributed by atoms with Crippen LogP contribution in [-0.4, -0.2) is 38.5 Å². The van der Waals surface area contributed by atoms with Gasteiger partial charge in [0.15, 0.2) is 0 Å². The van der Waals surface area contributed by atoms with Crippen LogP contribution in [0.4, 0.5) is 5.69 Å². The Balaban J connectivity index is 2.10. The summed E-state index contributed by atoms with van der Waals surface area (Å²) in [5.74, 6) is -1.26. The Kier molecular flexibility index (Phi) is 4.61. The number of aromatic carboxylic acids is 1. The van der Waals surface area contributed by atoms with E-state index < -0.39 is 16.0 Å². The molecule has 1 saturated heterocycles. The number of nitrogens with one attached hydrogen (secondary N) is 1. The zero-order chi connectivity index (χ0) is 14.6. The molecule has 0 aliphatic carbocycles. The molecular formula is C13H17NO5S. The highest BCUT2D eigenvalue weighted by Crippen LogP contribution is 2.20. The average Bonchev–Trinajstić information content (AvgIpc) is 2.39. The molecule has 110 valence electrons. The first-order valence-corrected chi connectivity index (χ1v) is 8.04. The number of ether oxygens (including phenoxy) is 1. The number of anilines is 1. The van der Waals surface area contributed by atoms with Crippen LogP contribution in [-0.2, 0) is 14.8 Å². The van der Waals surface area contributed by atoms with Gasteiger partial charge in [-0.3, -0.25) is 4.72 Å². The van der Waals surface area contributed by atoms with Gasteiger partial charge in [0.05, 0.1) is 23.6 Å². The topological polar surface area (TPSA) is 92.7 Å². The van der Waals surface area contributed by atoms with Gasteiger partial charge in [-0.15, -0.1) is 0 Å². The summed E-state index contributed by atoms with van der Waals surface area (Å²) in [5.41, 5.74) is 0.0349. The summed E-state index contributed by atoms with van der Waals surface area (Å²) in [6.07, 6.45) is 1.66. The summed E-state index contributed by atoms with van der Waals surface area (Å²) in [6.45, 7) is 1.10. The van der Waals surface area contributed by atoms with E-state index in [2.05, 4.69) is 4.72 Å². The zero-order valence-electron chi connectivity index (χ0n) is 10.9. The van der Waals surface area contributed by atoms with Crippen molar-refractivity contribution >= 4 is 21.7 Å². The van der Waals surface area contributed by atoms with Crippen molar-refractivity contribution in [3.05, 3.63) is 29.8 Å². The molecule has 0 spiro atoms. The molecule has 1 atom stereocenters. The van der Waals surface area contributed by atoms with Crippen molar-refractivity contribution in [2.45, 2.75) is 12.8 Å². The van der Waals surface area contributed by atoms with E-state index in [4.69, 9.17) is 9.84 Å². The van der Waals surface area contributed by atoms with Gasteiger partial charge in [-0.1, -0.05) is 12.1 Å². The number of rotatable bonds is 5. The molecule has 1 aliphatic rings. The van der Waals surface area contributed by atoms with Crippen molar-refractivity contribution < 1.29 is 23.1 Å². The predicted molar refractivity (Wildman–Crippen MR) is 74.4 cm³/mol. The van der Waals surface area contributed by atoms with Crippen LogP contribution in [0.15, 0.2) is 24.3 Å². The van der Waals surface area contributed by atoms with Gasteiger partial charge in [0.25, 0.3) is 0 Å². The minimum absolute atomic E-state index is 0.0433. The van der Waals surface area contributed by atoms with Gasteiger partial charge in [-0.05, 0) is 30.9 Å². The van der Waals surface area contributed by atoms with E-state index in [9.17, 15) is 13.2 Å². The third-order valence-corrected chi connectivity index (χ3v) is 4.57. The Morgan fingerprint density at radius 1 is 1.40 bits per heavy atom. The highest BCUT2D eigenvalue weighted by molar-refractivity contribution is 7.92. The summed E-state index contributed by atoms with van der Waals surface area (Å²) in [6, 6.07) is 5.95. The van der Waals surface area contributed by atoms with Gasteiger partial charge < -0.3 is 9.84 Å².